The second-order valence-corrected chi connectivity index (χ2v) is 4.28. The topological polar surface area (TPSA) is 21.3 Å². The number of fused-ring (bicyclic) bond motifs is 3. The van der Waals surface area contributed by atoms with Crippen molar-refractivity contribution in [2.45, 2.75) is 31.6 Å². The minimum absolute atomic E-state index is 0.287. The first-order chi connectivity index (χ1) is 6.84. The molecule has 1 aromatic carbocycles. The van der Waals surface area contributed by atoms with Gasteiger partial charge in [-0.3, -0.25) is 0 Å². The number of hydrogen-bond donors (Lipinski definition) is 1. The number of rotatable bonds is 0. The summed E-state index contributed by atoms with van der Waals surface area (Å²) in [6.45, 7) is 3.11. The zero-order valence-corrected chi connectivity index (χ0v) is 8.36. The minimum Gasteiger partial charge on any atom is -0.368 e. The third-order valence-electron chi connectivity index (χ3n) is 3.21. The van der Waals surface area contributed by atoms with Crippen LogP contribution in [0.3, 0.4) is 0 Å². The quantitative estimate of drug-likeness (QED) is 0.670. The Morgan fingerprint density at radius 1 is 1.36 bits per heavy atom. The van der Waals surface area contributed by atoms with Crippen LogP contribution < -0.4 is 5.32 Å². The molecule has 1 fully saturated rings. The van der Waals surface area contributed by atoms with Gasteiger partial charge < -0.3 is 10.1 Å². The number of benzene rings is 1. The molecule has 2 heteroatoms. The van der Waals surface area contributed by atoms with Gasteiger partial charge in [-0.05, 0) is 24.5 Å². The Kier molecular flexibility index (Phi) is 1.85. The van der Waals surface area contributed by atoms with Crippen LogP contribution in [0.1, 0.15) is 24.2 Å². The second-order valence-electron chi connectivity index (χ2n) is 4.28. The molecule has 2 nitrogen and oxygen atoms in total. The van der Waals surface area contributed by atoms with E-state index in [0.717, 1.165) is 13.0 Å². The van der Waals surface area contributed by atoms with Gasteiger partial charge in [0.2, 0.25) is 0 Å². The molecule has 1 aliphatic heterocycles. The lowest BCUT2D eigenvalue weighted by atomic mass is 10.1. The highest BCUT2D eigenvalue weighted by Gasteiger charge is 2.36. The first-order valence-corrected chi connectivity index (χ1v) is 5.31. The highest BCUT2D eigenvalue weighted by molar-refractivity contribution is 5.36. The zero-order valence-electron chi connectivity index (χ0n) is 8.36. The number of hydrogen-bond acceptors (Lipinski definition) is 2. The molecule has 2 aliphatic rings. The average Bonchev–Trinajstić information content (AvgIpc) is 2.56. The van der Waals surface area contributed by atoms with Crippen molar-refractivity contribution in [2.24, 2.45) is 0 Å². The average molecular weight is 189 g/mol. The highest BCUT2D eigenvalue weighted by Crippen LogP contribution is 2.36. The van der Waals surface area contributed by atoms with E-state index in [-0.39, 0.29) is 6.10 Å². The Labute approximate surface area is 84.3 Å². The summed E-state index contributed by atoms with van der Waals surface area (Å²) in [4.78, 5) is 0. The molecule has 0 saturated carbocycles. The molecule has 2 unspecified atom stereocenters. The van der Waals surface area contributed by atoms with Crippen molar-refractivity contribution in [1.29, 1.82) is 0 Å². The number of ether oxygens (including phenoxy) is 1. The van der Waals surface area contributed by atoms with Crippen LogP contribution in [0.4, 0.5) is 0 Å². The fourth-order valence-electron chi connectivity index (χ4n) is 2.52. The Hall–Kier alpha value is -0.860. The smallest absolute Gasteiger partial charge is 0.0988 e. The molecular formula is C12H15NO. The molecule has 1 aliphatic carbocycles. The van der Waals surface area contributed by atoms with Gasteiger partial charge in [-0.1, -0.05) is 24.3 Å². The summed E-state index contributed by atoms with van der Waals surface area (Å²) in [7, 11) is 0. The van der Waals surface area contributed by atoms with E-state index in [2.05, 4.69) is 36.5 Å². The van der Waals surface area contributed by atoms with E-state index < -0.39 is 0 Å². The van der Waals surface area contributed by atoms with Gasteiger partial charge in [-0.15, -0.1) is 0 Å². The lowest BCUT2D eigenvalue weighted by Gasteiger charge is -2.32. The van der Waals surface area contributed by atoms with Crippen LogP contribution in [0.2, 0.25) is 0 Å². The Balaban J connectivity index is 1.97. The predicted octanol–water partition coefficient (Wildman–Crippen LogP) is 1.66. The molecule has 1 aromatic rings. The van der Waals surface area contributed by atoms with E-state index in [1.807, 2.05) is 0 Å². The molecule has 3 rings (SSSR count). The standard InChI is InChI=1S/C12H15NO/c1-8-7-13-11-6-9-4-2-3-5-10(9)12(11)14-8/h2-5,8,11-13H,6-7H2,1H3/t8-,11?,12?/m0/s1. The van der Waals surface area contributed by atoms with Gasteiger partial charge >= 0.3 is 0 Å². The third kappa shape index (κ3) is 1.18. The monoisotopic (exact) mass is 189 g/mol. The maximum atomic E-state index is 5.97. The van der Waals surface area contributed by atoms with Gasteiger partial charge in [0.05, 0.1) is 12.2 Å². The van der Waals surface area contributed by atoms with Gasteiger partial charge in [0, 0.05) is 12.6 Å². The lowest BCUT2D eigenvalue weighted by molar-refractivity contribution is -0.0488. The summed E-state index contributed by atoms with van der Waals surface area (Å²) in [5.41, 5.74) is 2.83. The summed E-state index contributed by atoms with van der Waals surface area (Å²) in [6, 6.07) is 9.12. The van der Waals surface area contributed by atoms with Crippen LogP contribution in [-0.2, 0) is 11.2 Å². The first-order valence-electron chi connectivity index (χ1n) is 5.31. The zero-order chi connectivity index (χ0) is 9.54. The normalized spacial score (nSPS) is 35.1. The fourth-order valence-corrected chi connectivity index (χ4v) is 2.52. The number of morpholine rings is 1. The van der Waals surface area contributed by atoms with Crippen LogP contribution in [0.25, 0.3) is 0 Å². The molecule has 3 atom stereocenters. The fraction of sp³-hybridized carbons (Fsp3) is 0.500. The number of nitrogens with one attached hydrogen (secondary N) is 1. The molecule has 0 amide bonds. The van der Waals surface area contributed by atoms with Crippen molar-refractivity contribution in [3.63, 3.8) is 0 Å². The molecule has 0 bridgehead atoms. The first kappa shape index (κ1) is 8.45. The van der Waals surface area contributed by atoms with Crippen molar-refractivity contribution in [2.75, 3.05) is 6.54 Å². The van der Waals surface area contributed by atoms with E-state index in [4.69, 9.17) is 4.74 Å². The summed E-state index contributed by atoms with van der Waals surface area (Å²) >= 11 is 0. The Bertz CT molecular complexity index is 350. The SMILES string of the molecule is C[C@H]1CNC2Cc3ccccc3C2O1. The van der Waals surface area contributed by atoms with Gasteiger partial charge in [-0.2, -0.15) is 0 Å². The van der Waals surface area contributed by atoms with Gasteiger partial charge in [0.15, 0.2) is 0 Å². The molecule has 1 heterocycles. The van der Waals surface area contributed by atoms with Crippen LogP contribution >= 0.6 is 0 Å². The van der Waals surface area contributed by atoms with Crippen molar-refractivity contribution in [3.8, 4) is 0 Å². The molecule has 1 N–H and O–H groups in total. The Morgan fingerprint density at radius 3 is 3.14 bits per heavy atom. The maximum absolute atomic E-state index is 5.97. The van der Waals surface area contributed by atoms with Gasteiger partial charge in [-0.25, -0.2) is 0 Å². The highest BCUT2D eigenvalue weighted by atomic mass is 16.5. The van der Waals surface area contributed by atoms with Crippen molar-refractivity contribution in [3.05, 3.63) is 35.4 Å². The van der Waals surface area contributed by atoms with Crippen LogP contribution in [0, 0.1) is 0 Å². The summed E-state index contributed by atoms with van der Waals surface area (Å²) in [5, 5.41) is 3.55. The van der Waals surface area contributed by atoms with Crippen LogP contribution in [-0.4, -0.2) is 18.7 Å². The van der Waals surface area contributed by atoms with Gasteiger partial charge in [0.25, 0.3) is 0 Å². The molecule has 14 heavy (non-hydrogen) atoms. The summed E-state index contributed by atoms with van der Waals surface area (Å²) < 4.78 is 5.97. The molecule has 1 saturated heterocycles. The lowest BCUT2D eigenvalue weighted by Crippen LogP contribution is -2.45. The molecule has 0 aromatic heterocycles. The predicted molar refractivity (Wildman–Crippen MR) is 55.2 cm³/mol. The largest absolute Gasteiger partial charge is 0.368 e. The van der Waals surface area contributed by atoms with Crippen molar-refractivity contribution in [1.82, 2.24) is 5.32 Å². The third-order valence-corrected chi connectivity index (χ3v) is 3.21. The summed E-state index contributed by atoms with van der Waals surface area (Å²) in [5.74, 6) is 0. The molecule has 0 radical (unpaired) electrons. The molecular weight excluding hydrogens is 174 g/mol. The second kappa shape index (κ2) is 3.07. The van der Waals surface area contributed by atoms with Crippen molar-refractivity contribution < 1.29 is 4.74 Å². The van der Waals surface area contributed by atoms with E-state index in [9.17, 15) is 0 Å². The molecule has 0 spiro atoms. The van der Waals surface area contributed by atoms with E-state index in [0.29, 0.717) is 12.1 Å². The van der Waals surface area contributed by atoms with Gasteiger partial charge in [0.1, 0.15) is 0 Å². The molecule has 74 valence electrons. The van der Waals surface area contributed by atoms with E-state index >= 15 is 0 Å². The maximum Gasteiger partial charge on any atom is 0.0988 e. The van der Waals surface area contributed by atoms with E-state index in [1.54, 1.807) is 0 Å². The minimum atomic E-state index is 0.287. The Morgan fingerprint density at radius 2 is 2.21 bits per heavy atom. The van der Waals surface area contributed by atoms with Crippen molar-refractivity contribution >= 4 is 0 Å². The van der Waals surface area contributed by atoms with Crippen LogP contribution in [0.15, 0.2) is 24.3 Å². The van der Waals surface area contributed by atoms with E-state index in [1.165, 1.54) is 11.1 Å². The summed E-state index contributed by atoms with van der Waals surface area (Å²) in [6.07, 6.45) is 1.74. The van der Waals surface area contributed by atoms with Crippen LogP contribution in [0.5, 0.6) is 0 Å².